The molecule has 0 N–H and O–H groups in total. The summed E-state index contributed by atoms with van der Waals surface area (Å²) in [4.78, 5) is 39.3. The fraction of sp³-hybridized carbons (Fsp3) is 0.111. The van der Waals surface area contributed by atoms with E-state index in [-0.39, 0.29) is 17.7 Å². The lowest BCUT2D eigenvalue weighted by Crippen LogP contribution is -2.33. The smallest absolute Gasteiger partial charge is 0.344 e. The fourth-order valence-electron chi connectivity index (χ4n) is 3.62. The highest BCUT2D eigenvalue weighted by Gasteiger charge is 2.26. The maximum absolute atomic E-state index is 13.5. The van der Waals surface area contributed by atoms with Crippen LogP contribution in [0.5, 0.6) is 0 Å². The number of carbonyl (C=O) groups is 2. The van der Waals surface area contributed by atoms with Crippen LogP contribution in [-0.4, -0.2) is 28.1 Å². The molecule has 3 aromatic carbocycles. The molecule has 0 radical (unpaired) electrons. The van der Waals surface area contributed by atoms with Crippen molar-refractivity contribution in [2.75, 3.05) is 6.61 Å². The third-order valence-corrected chi connectivity index (χ3v) is 5.20. The van der Waals surface area contributed by atoms with Gasteiger partial charge in [-0.1, -0.05) is 60.7 Å². The molecular formula is C27H21FN2O4. The van der Waals surface area contributed by atoms with Crippen molar-refractivity contribution in [1.82, 2.24) is 9.78 Å². The minimum absolute atomic E-state index is 0.0734. The van der Waals surface area contributed by atoms with Gasteiger partial charge in [0.2, 0.25) is 0 Å². The zero-order chi connectivity index (χ0) is 24.1. The normalized spacial score (nSPS) is 10.6. The van der Waals surface area contributed by atoms with Crippen LogP contribution < -0.4 is 5.56 Å². The van der Waals surface area contributed by atoms with Crippen LogP contribution in [0.4, 0.5) is 4.39 Å². The first-order valence-electron chi connectivity index (χ1n) is 10.7. The largest absolute Gasteiger partial charge is 0.462 e. The molecule has 34 heavy (non-hydrogen) atoms. The summed E-state index contributed by atoms with van der Waals surface area (Å²) in [7, 11) is 0. The van der Waals surface area contributed by atoms with E-state index in [1.165, 1.54) is 24.3 Å². The lowest BCUT2D eigenvalue weighted by atomic mass is 9.95. The molecule has 0 atom stereocenters. The van der Waals surface area contributed by atoms with Gasteiger partial charge in [0, 0.05) is 16.7 Å². The number of benzene rings is 3. The molecule has 0 aliphatic heterocycles. The lowest BCUT2D eigenvalue weighted by molar-refractivity contribution is 0.0523. The van der Waals surface area contributed by atoms with Gasteiger partial charge in [0.25, 0.3) is 5.56 Å². The number of carbonyl (C=O) groups excluding carboxylic acids is 2. The second-order valence-electron chi connectivity index (χ2n) is 7.44. The van der Waals surface area contributed by atoms with Crippen LogP contribution in [0, 0.1) is 5.82 Å². The summed E-state index contributed by atoms with van der Waals surface area (Å²) in [6.45, 7) is 1.30. The highest BCUT2D eigenvalue weighted by atomic mass is 19.1. The number of nitrogens with zero attached hydrogens (tertiary/aromatic N) is 2. The highest BCUT2D eigenvalue weighted by Crippen LogP contribution is 2.32. The second-order valence-corrected chi connectivity index (χ2v) is 7.44. The Labute approximate surface area is 195 Å². The Bertz CT molecular complexity index is 1380. The Morgan fingerprint density at radius 2 is 1.47 bits per heavy atom. The Morgan fingerprint density at radius 3 is 2.06 bits per heavy atom. The van der Waals surface area contributed by atoms with Crippen molar-refractivity contribution in [1.29, 1.82) is 0 Å². The van der Waals surface area contributed by atoms with Crippen molar-refractivity contribution in [3.63, 3.8) is 0 Å². The highest BCUT2D eigenvalue weighted by molar-refractivity contribution is 6.01. The predicted octanol–water partition coefficient (Wildman–Crippen LogP) is 4.78. The molecule has 0 fully saturated rings. The number of halogens is 1. The molecule has 0 bridgehead atoms. The van der Waals surface area contributed by atoms with E-state index >= 15 is 0 Å². The number of hydrogen-bond acceptors (Lipinski definition) is 5. The van der Waals surface area contributed by atoms with E-state index in [1.54, 1.807) is 43.3 Å². The van der Waals surface area contributed by atoms with Crippen LogP contribution in [-0.2, 0) is 11.3 Å². The van der Waals surface area contributed by atoms with E-state index in [4.69, 9.17) is 4.74 Å². The molecule has 1 heterocycles. The van der Waals surface area contributed by atoms with E-state index in [1.807, 2.05) is 24.3 Å². The molecule has 4 rings (SSSR count). The number of esters is 1. The van der Waals surface area contributed by atoms with Gasteiger partial charge in [-0.15, -0.1) is 0 Å². The van der Waals surface area contributed by atoms with Crippen molar-refractivity contribution in [3.8, 4) is 22.4 Å². The van der Waals surface area contributed by atoms with E-state index in [0.717, 1.165) is 4.68 Å². The minimum Gasteiger partial charge on any atom is -0.462 e. The first kappa shape index (κ1) is 22.8. The SMILES string of the molecule is CCOC(=O)c1c(-c2ccccc2)c(-c2ccccc2)nn(CC(=O)c2ccc(F)cc2)c1=O. The van der Waals surface area contributed by atoms with Gasteiger partial charge in [-0.25, -0.2) is 13.9 Å². The van der Waals surface area contributed by atoms with Gasteiger partial charge in [0.1, 0.15) is 17.9 Å². The van der Waals surface area contributed by atoms with E-state index in [0.29, 0.717) is 22.4 Å². The van der Waals surface area contributed by atoms with E-state index in [9.17, 15) is 18.8 Å². The van der Waals surface area contributed by atoms with E-state index < -0.39 is 29.7 Å². The summed E-state index contributed by atoms with van der Waals surface area (Å²) in [6, 6.07) is 23.1. The van der Waals surface area contributed by atoms with Crippen molar-refractivity contribution in [3.05, 3.63) is 112 Å². The maximum atomic E-state index is 13.5. The molecule has 170 valence electrons. The second kappa shape index (κ2) is 10.0. The summed E-state index contributed by atoms with van der Waals surface area (Å²) in [5.41, 5.74) is 1.26. The van der Waals surface area contributed by atoms with Crippen molar-refractivity contribution < 1.29 is 18.7 Å². The van der Waals surface area contributed by atoms with Crippen LogP contribution in [0.15, 0.2) is 89.7 Å². The molecule has 0 amide bonds. The first-order valence-corrected chi connectivity index (χ1v) is 10.7. The molecular weight excluding hydrogens is 435 g/mol. The number of ether oxygens (including phenoxy) is 1. The molecule has 0 saturated carbocycles. The van der Waals surface area contributed by atoms with Crippen molar-refractivity contribution in [2.24, 2.45) is 0 Å². The van der Waals surface area contributed by atoms with Gasteiger partial charge >= 0.3 is 5.97 Å². The molecule has 4 aromatic rings. The van der Waals surface area contributed by atoms with Crippen molar-refractivity contribution in [2.45, 2.75) is 13.5 Å². The predicted molar refractivity (Wildman–Crippen MR) is 126 cm³/mol. The van der Waals surface area contributed by atoms with Crippen LogP contribution in [0.3, 0.4) is 0 Å². The Balaban J connectivity index is 1.95. The summed E-state index contributed by atoms with van der Waals surface area (Å²) in [5.74, 6) is -1.72. The summed E-state index contributed by atoms with van der Waals surface area (Å²) >= 11 is 0. The fourth-order valence-corrected chi connectivity index (χ4v) is 3.62. The third kappa shape index (κ3) is 4.68. The molecule has 6 nitrogen and oxygen atoms in total. The molecule has 0 aliphatic carbocycles. The summed E-state index contributed by atoms with van der Waals surface area (Å²) < 4.78 is 19.4. The Hall–Kier alpha value is -4.39. The molecule has 0 aliphatic rings. The number of rotatable bonds is 7. The lowest BCUT2D eigenvalue weighted by Gasteiger charge is -2.16. The van der Waals surface area contributed by atoms with Gasteiger partial charge in [-0.3, -0.25) is 9.59 Å². The summed E-state index contributed by atoms with van der Waals surface area (Å²) in [5, 5.41) is 4.51. The standard InChI is InChI=1S/C27H21FN2O4/c1-2-34-27(33)24-23(19-9-5-3-6-10-19)25(20-11-7-4-8-12-20)29-30(26(24)32)17-22(31)18-13-15-21(28)16-14-18/h3-16H,2,17H2,1H3. The van der Waals surface area contributed by atoms with Gasteiger partial charge in [0.15, 0.2) is 5.78 Å². The zero-order valence-corrected chi connectivity index (χ0v) is 18.4. The first-order chi connectivity index (χ1) is 16.5. The van der Waals surface area contributed by atoms with Crippen LogP contribution in [0.2, 0.25) is 0 Å². The molecule has 7 heteroatoms. The Kier molecular flexibility index (Phi) is 6.73. The molecule has 0 spiro atoms. The van der Waals surface area contributed by atoms with Gasteiger partial charge in [-0.05, 0) is 36.8 Å². The van der Waals surface area contributed by atoms with Gasteiger partial charge < -0.3 is 4.74 Å². The number of ketones is 1. The van der Waals surface area contributed by atoms with Crippen LogP contribution >= 0.6 is 0 Å². The van der Waals surface area contributed by atoms with Crippen LogP contribution in [0.1, 0.15) is 27.6 Å². The average Bonchev–Trinajstić information content (AvgIpc) is 2.86. The maximum Gasteiger partial charge on any atom is 0.344 e. The third-order valence-electron chi connectivity index (χ3n) is 5.20. The topological polar surface area (TPSA) is 78.3 Å². The summed E-state index contributed by atoms with van der Waals surface area (Å²) in [6.07, 6.45) is 0. The number of aromatic nitrogens is 2. The number of hydrogen-bond donors (Lipinski definition) is 0. The van der Waals surface area contributed by atoms with E-state index in [2.05, 4.69) is 5.10 Å². The van der Waals surface area contributed by atoms with Gasteiger partial charge in [-0.2, -0.15) is 5.10 Å². The van der Waals surface area contributed by atoms with Crippen molar-refractivity contribution >= 4 is 11.8 Å². The van der Waals surface area contributed by atoms with Crippen LogP contribution in [0.25, 0.3) is 22.4 Å². The Morgan fingerprint density at radius 1 is 0.882 bits per heavy atom. The molecule has 0 unspecified atom stereocenters. The zero-order valence-electron chi connectivity index (χ0n) is 18.4. The molecule has 1 aromatic heterocycles. The monoisotopic (exact) mass is 456 g/mol. The quantitative estimate of drug-likeness (QED) is 0.296. The molecule has 0 saturated heterocycles. The average molecular weight is 456 g/mol. The number of Topliss-reactive ketones (excluding diaryl/α,β-unsaturated/α-hetero) is 1. The van der Waals surface area contributed by atoms with Gasteiger partial charge in [0.05, 0.1) is 12.3 Å². The minimum atomic E-state index is -0.797.